The van der Waals surface area contributed by atoms with Crippen LogP contribution in [0.15, 0.2) is 36.8 Å². The fraction of sp³-hybridized carbons (Fsp3) is 0.250. The van der Waals surface area contributed by atoms with Crippen LogP contribution >= 0.6 is 0 Å². The van der Waals surface area contributed by atoms with Gasteiger partial charge in [-0.1, -0.05) is 12.1 Å². The molecule has 0 atom stereocenters. The minimum absolute atomic E-state index is 0.0578. The number of nitrogens with one attached hydrogen (secondary N) is 2. The van der Waals surface area contributed by atoms with Crippen molar-refractivity contribution in [2.24, 2.45) is 0 Å². The topological polar surface area (TPSA) is 62.7 Å². The number of carbonyl (C=O) groups is 1. The van der Waals surface area contributed by atoms with Crippen LogP contribution in [0.1, 0.15) is 21.7 Å². The second-order valence-corrected chi connectivity index (χ2v) is 5.11. The Hall–Kier alpha value is -2.56. The monoisotopic (exact) mass is 282 g/mol. The van der Waals surface area contributed by atoms with Crippen molar-refractivity contribution >= 4 is 16.8 Å². The molecule has 0 aliphatic heterocycles. The first-order valence-electron chi connectivity index (χ1n) is 6.99. The molecule has 0 fully saturated rings. The number of amides is 1. The number of hydrogen-bond acceptors (Lipinski definition) is 2. The van der Waals surface area contributed by atoms with Crippen molar-refractivity contribution in [2.45, 2.75) is 20.4 Å². The summed E-state index contributed by atoms with van der Waals surface area (Å²) < 4.78 is 2.05. The quantitative estimate of drug-likeness (QED) is 0.772. The molecule has 5 heteroatoms. The Morgan fingerprint density at radius 1 is 1.33 bits per heavy atom. The van der Waals surface area contributed by atoms with E-state index in [1.165, 1.54) is 0 Å². The van der Waals surface area contributed by atoms with E-state index in [0.29, 0.717) is 12.1 Å². The first-order valence-corrected chi connectivity index (χ1v) is 6.99. The van der Waals surface area contributed by atoms with Gasteiger partial charge in [-0.15, -0.1) is 0 Å². The number of fused-ring (bicyclic) bond motifs is 1. The summed E-state index contributed by atoms with van der Waals surface area (Å²) in [6.45, 7) is 5.31. The van der Waals surface area contributed by atoms with Crippen LogP contribution in [-0.4, -0.2) is 27.0 Å². The van der Waals surface area contributed by atoms with E-state index >= 15 is 0 Å². The third-order valence-electron chi connectivity index (χ3n) is 3.82. The van der Waals surface area contributed by atoms with Crippen LogP contribution < -0.4 is 5.32 Å². The van der Waals surface area contributed by atoms with Gasteiger partial charge in [-0.05, 0) is 26.0 Å². The molecule has 2 heterocycles. The Morgan fingerprint density at radius 2 is 2.19 bits per heavy atom. The fourth-order valence-corrected chi connectivity index (χ4v) is 2.43. The van der Waals surface area contributed by atoms with E-state index in [9.17, 15) is 4.79 Å². The van der Waals surface area contributed by atoms with Crippen LogP contribution in [0, 0.1) is 13.8 Å². The summed E-state index contributed by atoms with van der Waals surface area (Å²) in [5.41, 5.74) is 3.72. The maximum absolute atomic E-state index is 12.3. The van der Waals surface area contributed by atoms with Gasteiger partial charge in [0.2, 0.25) is 0 Å². The van der Waals surface area contributed by atoms with Gasteiger partial charge in [0.15, 0.2) is 0 Å². The molecule has 5 nitrogen and oxygen atoms in total. The summed E-state index contributed by atoms with van der Waals surface area (Å²) in [5, 5.41) is 4.00. The number of aromatic nitrogens is 3. The molecular weight excluding hydrogens is 264 g/mol. The zero-order valence-corrected chi connectivity index (χ0v) is 12.2. The van der Waals surface area contributed by atoms with Gasteiger partial charge < -0.3 is 14.9 Å². The molecule has 0 radical (unpaired) electrons. The minimum Gasteiger partial charge on any atom is -0.361 e. The number of benzene rings is 1. The molecule has 0 saturated carbocycles. The maximum atomic E-state index is 12.3. The van der Waals surface area contributed by atoms with Crippen molar-refractivity contribution < 1.29 is 4.79 Å². The number of carbonyl (C=O) groups excluding carboxylic acids is 1. The number of aryl methyl sites for hydroxylation is 1. The molecule has 0 bridgehead atoms. The van der Waals surface area contributed by atoms with Gasteiger partial charge >= 0.3 is 0 Å². The largest absolute Gasteiger partial charge is 0.361 e. The van der Waals surface area contributed by atoms with E-state index in [2.05, 4.69) is 15.3 Å². The molecule has 0 aliphatic rings. The van der Waals surface area contributed by atoms with Crippen LogP contribution in [0.4, 0.5) is 0 Å². The highest BCUT2D eigenvalue weighted by atomic mass is 16.1. The van der Waals surface area contributed by atoms with Gasteiger partial charge in [0.1, 0.15) is 0 Å². The zero-order valence-electron chi connectivity index (χ0n) is 12.2. The molecule has 3 rings (SSSR count). The van der Waals surface area contributed by atoms with Crippen molar-refractivity contribution in [3.63, 3.8) is 0 Å². The van der Waals surface area contributed by atoms with Gasteiger partial charge in [0.25, 0.3) is 5.91 Å². The normalized spacial score (nSPS) is 11.0. The number of hydrogen-bond donors (Lipinski definition) is 2. The fourth-order valence-electron chi connectivity index (χ4n) is 2.43. The Labute approximate surface area is 123 Å². The summed E-state index contributed by atoms with van der Waals surface area (Å²) >= 11 is 0. The number of nitrogens with zero attached hydrogens (tertiary/aromatic N) is 2. The summed E-state index contributed by atoms with van der Waals surface area (Å²) in [4.78, 5) is 19.6. The number of H-pyrrole nitrogens is 1. The van der Waals surface area contributed by atoms with Crippen molar-refractivity contribution in [3.8, 4) is 0 Å². The summed E-state index contributed by atoms with van der Waals surface area (Å²) in [6.07, 6.45) is 3.65. The zero-order chi connectivity index (χ0) is 14.8. The molecule has 0 saturated heterocycles. The van der Waals surface area contributed by atoms with Gasteiger partial charge in [-0.25, -0.2) is 4.98 Å². The van der Waals surface area contributed by atoms with Crippen LogP contribution in [-0.2, 0) is 6.54 Å². The lowest BCUT2D eigenvalue weighted by Gasteiger charge is -2.08. The molecular formula is C16H18N4O. The molecule has 1 aromatic carbocycles. The molecule has 108 valence electrons. The van der Waals surface area contributed by atoms with Gasteiger partial charge in [0.05, 0.1) is 23.1 Å². The van der Waals surface area contributed by atoms with E-state index in [1.54, 1.807) is 0 Å². The summed E-state index contributed by atoms with van der Waals surface area (Å²) in [6, 6.07) is 7.68. The second-order valence-electron chi connectivity index (χ2n) is 5.11. The Bertz CT molecular complexity index is 785. The summed E-state index contributed by atoms with van der Waals surface area (Å²) in [5.74, 6) is -0.0578. The van der Waals surface area contributed by atoms with E-state index in [4.69, 9.17) is 0 Å². The van der Waals surface area contributed by atoms with E-state index < -0.39 is 0 Å². The summed E-state index contributed by atoms with van der Waals surface area (Å²) in [7, 11) is 0. The first kappa shape index (κ1) is 13.4. The van der Waals surface area contributed by atoms with Crippen molar-refractivity contribution in [1.29, 1.82) is 0 Å². The predicted octanol–water partition coefficient (Wildman–Crippen LogP) is 2.41. The molecule has 2 N–H and O–H groups in total. The molecule has 2 aromatic heterocycles. The maximum Gasteiger partial charge on any atom is 0.253 e. The standard InChI is InChI=1S/C16H18N4O/c1-11-12(2)20(10-19-11)9-8-18-16(21)14-5-3-4-13-6-7-17-15(13)14/h3-7,10,17H,8-9H2,1-2H3,(H,18,21). The highest BCUT2D eigenvalue weighted by Crippen LogP contribution is 2.16. The van der Waals surface area contributed by atoms with Crippen LogP contribution in [0.3, 0.4) is 0 Å². The lowest BCUT2D eigenvalue weighted by Crippen LogP contribution is -2.27. The number of imidazole rings is 1. The number of rotatable bonds is 4. The van der Waals surface area contributed by atoms with Crippen molar-refractivity contribution in [2.75, 3.05) is 6.54 Å². The second kappa shape index (κ2) is 5.44. The molecule has 0 spiro atoms. The first-order chi connectivity index (χ1) is 10.2. The molecule has 1 amide bonds. The number of aromatic amines is 1. The Morgan fingerprint density at radius 3 is 2.95 bits per heavy atom. The third-order valence-corrected chi connectivity index (χ3v) is 3.82. The minimum atomic E-state index is -0.0578. The van der Waals surface area contributed by atoms with Crippen molar-refractivity contribution in [3.05, 3.63) is 53.7 Å². The van der Waals surface area contributed by atoms with E-state index in [0.717, 1.165) is 28.8 Å². The lowest BCUT2D eigenvalue weighted by molar-refractivity contribution is 0.0953. The lowest BCUT2D eigenvalue weighted by atomic mass is 10.1. The highest BCUT2D eigenvalue weighted by molar-refractivity contribution is 6.05. The Balaban J connectivity index is 1.67. The van der Waals surface area contributed by atoms with Crippen LogP contribution in [0.25, 0.3) is 10.9 Å². The molecule has 0 aliphatic carbocycles. The molecule has 3 aromatic rings. The average molecular weight is 282 g/mol. The smallest absolute Gasteiger partial charge is 0.253 e. The van der Waals surface area contributed by atoms with E-state index in [1.807, 2.05) is 55.2 Å². The van der Waals surface area contributed by atoms with Crippen LogP contribution in [0.5, 0.6) is 0 Å². The Kier molecular flexibility index (Phi) is 3.48. The van der Waals surface area contributed by atoms with Crippen molar-refractivity contribution in [1.82, 2.24) is 19.9 Å². The molecule has 21 heavy (non-hydrogen) atoms. The molecule has 0 unspecified atom stereocenters. The predicted molar refractivity (Wildman–Crippen MR) is 82.3 cm³/mol. The van der Waals surface area contributed by atoms with Crippen LogP contribution in [0.2, 0.25) is 0 Å². The SMILES string of the molecule is Cc1ncn(CCNC(=O)c2cccc3cc[nH]c23)c1C. The third kappa shape index (κ3) is 2.54. The van der Waals surface area contributed by atoms with E-state index in [-0.39, 0.29) is 5.91 Å². The highest BCUT2D eigenvalue weighted by Gasteiger charge is 2.10. The van der Waals surface area contributed by atoms with Gasteiger partial charge in [-0.2, -0.15) is 0 Å². The van der Waals surface area contributed by atoms with Gasteiger partial charge in [0, 0.05) is 30.4 Å². The average Bonchev–Trinajstić information content (AvgIpc) is 3.08. The van der Waals surface area contributed by atoms with Gasteiger partial charge in [-0.3, -0.25) is 4.79 Å². The number of para-hydroxylation sites is 1.